The molecule has 0 bridgehead atoms. The Hall–Kier alpha value is -9.38. The normalized spacial score (nSPS) is 11.5. The van der Waals surface area contributed by atoms with Gasteiger partial charge in [0.05, 0.1) is 11.0 Å². The second-order valence-corrected chi connectivity index (χ2v) is 19.7. The molecule has 0 N–H and O–H groups in total. The van der Waals surface area contributed by atoms with Gasteiger partial charge in [-0.2, -0.15) is 0 Å². The van der Waals surface area contributed by atoms with E-state index in [-0.39, 0.29) is 0 Å². The Bertz CT molecular complexity index is 4020. The Morgan fingerprint density at radius 1 is 0.263 bits per heavy atom. The van der Waals surface area contributed by atoms with E-state index in [1.165, 1.54) is 122 Å². The highest BCUT2D eigenvalue weighted by molar-refractivity contribution is 6.12. The van der Waals surface area contributed by atoms with Gasteiger partial charge in [0.15, 0.2) is 0 Å². The molecule has 76 heavy (non-hydrogen) atoms. The van der Waals surface area contributed by atoms with Crippen LogP contribution >= 0.6 is 0 Å². The van der Waals surface area contributed by atoms with Crippen LogP contribution in [0.2, 0.25) is 0 Å². The van der Waals surface area contributed by atoms with Crippen LogP contribution in [0.3, 0.4) is 0 Å². The van der Waals surface area contributed by atoms with Gasteiger partial charge in [0.1, 0.15) is 0 Å². The van der Waals surface area contributed by atoms with E-state index < -0.39 is 0 Å². The maximum atomic E-state index is 2.44. The number of fused-ring (bicyclic) bond motifs is 6. The molecule has 366 valence electrons. The first-order valence-electron chi connectivity index (χ1n) is 26.8. The number of benzene rings is 12. The highest BCUT2D eigenvalue weighted by Crippen LogP contribution is 2.41. The minimum atomic E-state index is 0.864. The summed E-state index contributed by atoms with van der Waals surface area (Å²) in [5.41, 5.74) is 17.8. The molecule has 1 aromatic heterocycles. The van der Waals surface area contributed by atoms with Crippen LogP contribution in [-0.4, -0.2) is 24.2 Å². The Kier molecular flexibility index (Phi) is 12.1. The Labute approximate surface area is 445 Å². The van der Waals surface area contributed by atoms with Crippen LogP contribution < -0.4 is 14.7 Å². The molecule has 13 aromatic rings. The lowest BCUT2D eigenvalue weighted by Crippen LogP contribution is -2.16. The molecule has 0 unspecified atom stereocenters. The summed E-state index contributed by atoms with van der Waals surface area (Å²) in [7, 11) is 0. The average molecular weight is 979 g/mol. The number of nitrogens with zero attached hydrogens (tertiary/aromatic N) is 4. The second-order valence-electron chi connectivity index (χ2n) is 19.7. The zero-order valence-corrected chi connectivity index (χ0v) is 43.2. The van der Waals surface area contributed by atoms with E-state index in [9.17, 15) is 0 Å². The van der Waals surface area contributed by atoms with Crippen molar-refractivity contribution in [3.63, 3.8) is 0 Å². The smallest absolute Gasteiger partial charge is 0.0541 e. The minimum Gasteiger partial charge on any atom is -0.341 e. The standard InChI is InChI=1S/C72H58N4/c1-4-73(68-25-13-19-54-16-7-10-22-63(54)68)59-38-28-50(29-39-59)51-34-44-62(45-35-51)76-71-46-36-57(52-30-40-60(41-31-52)74(5-2)69-26-14-20-55-17-8-11-23-64(55)69)48-66(71)67-49-58(37-47-72(67)76)53-32-42-61(43-33-53)75(6-3)70-27-15-21-56-18-9-12-24-65(56)70/h7-49H,4-6H2,1-3H3. The number of hydrogen-bond donors (Lipinski definition) is 0. The summed E-state index contributed by atoms with van der Waals surface area (Å²) in [6, 6.07) is 96.1. The monoisotopic (exact) mass is 978 g/mol. The van der Waals surface area contributed by atoms with Gasteiger partial charge in [-0.15, -0.1) is 0 Å². The maximum Gasteiger partial charge on any atom is 0.0541 e. The van der Waals surface area contributed by atoms with Crippen LogP contribution in [0.25, 0.3) is 93.2 Å². The van der Waals surface area contributed by atoms with E-state index in [0.717, 1.165) is 25.3 Å². The second kappa shape index (κ2) is 19.8. The molecule has 4 heteroatoms. The van der Waals surface area contributed by atoms with Gasteiger partial charge in [0.2, 0.25) is 0 Å². The van der Waals surface area contributed by atoms with Crippen molar-refractivity contribution < 1.29 is 0 Å². The summed E-state index contributed by atoms with van der Waals surface area (Å²) in [5.74, 6) is 0. The van der Waals surface area contributed by atoms with Gasteiger partial charge < -0.3 is 19.3 Å². The fraction of sp³-hybridized carbons (Fsp3) is 0.0833. The molecule has 0 atom stereocenters. The topological polar surface area (TPSA) is 14.7 Å². The van der Waals surface area contributed by atoms with E-state index >= 15 is 0 Å². The zero-order chi connectivity index (χ0) is 51.1. The number of hydrogen-bond acceptors (Lipinski definition) is 3. The third kappa shape index (κ3) is 8.29. The first kappa shape index (κ1) is 46.4. The van der Waals surface area contributed by atoms with Crippen molar-refractivity contribution in [3.8, 4) is 39.1 Å². The van der Waals surface area contributed by atoms with Gasteiger partial charge in [-0.05, 0) is 161 Å². The molecule has 12 aromatic carbocycles. The van der Waals surface area contributed by atoms with Crippen LogP contribution in [-0.2, 0) is 0 Å². The largest absolute Gasteiger partial charge is 0.341 e. The van der Waals surface area contributed by atoms with Crippen LogP contribution in [0.15, 0.2) is 261 Å². The zero-order valence-electron chi connectivity index (χ0n) is 43.2. The summed E-state index contributed by atoms with van der Waals surface area (Å²) >= 11 is 0. The predicted octanol–water partition coefficient (Wildman–Crippen LogP) is 19.7. The lowest BCUT2D eigenvalue weighted by atomic mass is 9.99. The van der Waals surface area contributed by atoms with Crippen molar-refractivity contribution in [2.75, 3.05) is 34.3 Å². The summed E-state index contributed by atoms with van der Waals surface area (Å²) in [6.07, 6.45) is 0. The molecule has 4 nitrogen and oxygen atoms in total. The summed E-state index contributed by atoms with van der Waals surface area (Å²) < 4.78 is 2.44. The highest BCUT2D eigenvalue weighted by atomic mass is 15.1. The fourth-order valence-electron chi connectivity index (χ4n) is 11.8. The Morgan fingerprint density at radius 2 is 0.553 bits per heavy atom. The van der Waals surface area contributed by atoms with Gasteiger partial charge in [-0.25, -0.2) is 0 Å². The van der Waals surface area contributed by atoms with Crippen molar-refractivity contribution >= 4 is 88.2 Å². The van der Waals surface area contributed by atoms with Crippen LogP contribution in [0.4, 0.5) is 34.1 Å². The van der Waals surface area contributed by atoms with Crippen LogP contribution in [0, 0.1) is 0 Å². The molecular weight excluding hydrogens is 921 g/mol. The third-order valence-corrected chi connectivity index (χ3v) is 15.5. The molecule has 1 heterocycles. The molecule has 0 spiro atoms. The molecule has 13 rings (SSSR count). The van der Waals surface area contributed by atoms with Crippen molar-refractivity contribution in [1.29, 1.82) is 0 Å². The maximum absolute atomic E-state index is 2.44. The molecule has 0 saturated carbocycles. The third-order valence-electron chi connectivity index (χ3n) is 15.5. The highest BCUT2D eigenvalue weighted by Gasteiger charge is 2.18. The van der Waals surface area contributed by atoms with Gasteiger partial charge >= 0.3 is 0 Å². The van der Waals surface area contributed by atoms with E-state index in [0.29, 0.717) is 0 Å². The van der Waals surface area contributed by atoms with Crippen LogP contribution in [0.5, 0.6) is 0 Å². The molecule has 0 saturated heterocycles. The first-order chi connectivity index (χ1) is 37.5. The van der Waals surface area contributed by atoms with Crippen molar-refractivity contribution in [1.82, 2.24) is 4.57 Å². The molecule has 0 radical (unpaired) electrons. The SMILES string of the molecule is CCN(c1ccc(-c2ccc(-n3c4ccc(-c5ccc(N(CC)c6cccc7ccccc67)cc5)cc4c4cc(-c5ccc(N(CC)c6cccc7ccccc67)cc5)ccc43)cc2)cc1)c1cccc2ccccc12. The molecule has 0 aliphatic heterocycles. The van der Waals surface area contributed by atoms with Gasteiger partial charge in [-0.3, -0.25) is 0 Å². The Balaban J connectivity index is 0.860. The summed E-state index contributed by atoms with van der Waals surface area (Å²) in [6.45, 7) is 9.28. The Morgan fingerprint density at radius 3 is 0.895 bits per heavy atom. The molecule has 0 fully saturated rings. The molecule has 0 aliphatic carbocycles. The van der Waals surface area contributed by atoms with Crippen molar-refractivity contribution in [3.05, 3.63) is 261 Å². The lowest BCUT2D eigenvalue weighted by Gasteiger charge is -2.25. The molecule has 0 aliphatic rings. The van der Waals surface area contributed by atoms with E-state index in [4.69, 9.17) is 0 Å². The number of anilines is 6. The van der Waals surface area contributed by atoms with E-state index in [1.807, 2.05) is 0 Å². The lowest BCUT2D eigenvalue weighted by molar-refractivity contribution is 1.03. The van der Waals surface area contributed by atoms with Gasteiger partial charge in [0.25, 0.3) is 0 Å². The first-order valence-corrected chi connectivity index (χ1v) is 26.8. The van der Waals surface area contributed by atoms with Crippen molar-refractivity contribution in [2.45, 2.75) is 20.8 Å². The average Bonchev–Trinajstić information content (AvgIpc) is 3.82. The number of aromatic nitrogens is 1. The van der Waals surface area contributed by atoms with E-state index in [1.54, 1.807) is 0 Å². The molecule has 0 amide bonds. The van der Waals surface area contributed by atoms with Gasteiger partial charge in [-0.1, -0.05) is 170 Å². The minimum absolute atomic E-state index is 0.864. The predicted molar refractivity (Wildman–Crippen MR) is 327 cm³/mol. The van der Waals surface area contributed by atoms with E-state index in [2.05, 4.69) is 301 Å². The quantitative estimate of drug-likeness (QED) is 0.114. The van der Waals surface area contributed by atoms with Crippen LogP contribution in [0.1, 0.15) is 20.8 Å². The summed E-state index contributed by atoms with van der Waals surface area (Å²) in [5, 5.41) is 9.99. The molecular formula is C72H58N4. The van der Waals surface area contributed by atoms with Gasteiger partial charge in [0, 0.05) is 86.4 Å². The number of rotatable bonds is 13. The van der Waals surface area contributed by atoms with Crippen molar-refractivity contribution in [2.24, 2.45) is 0 Å². The summed E-state index contributed by atoms with van der Waals surface area (Å²) in [4.78, 5) is 7.22. The fourth-order valence-corrected chi connectivity index (χ4v) is 11.8.